The summed E-state index contributed by atoms with van der Waals surface area (Å²) in [6.07, 6.45) is 0. The van der Waals surface area contributed by atoms with E-state index in [9.17, 15) is 0 Å². The lowest BCUT2D eigenvalue weighted by molar-refractivity contribution is 0.00578. The molecule has 0 atom stereocenters. The maximum absolute atomic E-state index is 6.81. The van der Waals surface area contributed by atoms with Crippen molar-refractivity contribution in [3.8, 4) is 11.5 Å². The van der Waals surface area contributed by atoms with E-state index in [0.717, 1.165) is 38.9 Å². The maximum Gasteiger partial charge on any atom is 0.494 e. The monoisotopic (exact) mass is 510 g/mol. The van der Waals surface area contributed by atoms with E-state index in [4.69, 9.17) is 14.0 Å². The smallest absolute Gasteiger partial charge is 0.456 e. The molecule has 0 aliphatic carbocycles. The van der Waals surface area contributed by atoms with Gasteiger partial charge in [-0.1, -0.05) is 109 Å². The zero-order valence-electron chi connectivity index (χ0n) is 22.8. The number of ether oxygens (including phenoxy) is 1. The van der Waals surface area contributed by atoms with Crippen molar-refractivity contribution < 1.29 is 14.0 Å². The maximum atomic E-state index is 6.81. The standard InChI is InChI=1S/C35H31BO3/c1-33(2)34(3,4)39-36(38-33)27-20-22-31-30(23-27)35(25-14-7-5-8-15-25,26-16-9-6-10-17-26)29-21-19-24-13-11-12-18-28(24)32(29)37-31/h5-23H,1-4H3. The molecule has 192 valence electrons. The van der Waals surface area contributed by atoms with Gasteiger partial charge in [-0.3, -0.25) is 0 Å². The third-order valence-corrected chi connectivity index (χ3v) is 8.84. The van der Waals surface area contributed by atoms with Crippen LogP contribution in [0, 0.1) is 0 Å². The fourth-order valence-electron chi connectivity index (χ4n) is 6.12. The molecule has 1 saturated heterocycles. The van der Waals surface area contributed by atoms with Crippen molar-refractivity contribution in [2.24, 2.45) is 0 Å². The molecule has 2 heterocycles. The van der Waals surface area contributed by atoms with Crippen molar-refractivity contribution in [3.63, 3.8) is 0 Å². The lowest BCUT2D eigenvalue weighted by Crippen LogP contribution is -2.41. The van der Waals surface area contributed by atoms with E-state index in [1.807, 2.05) is 0 Å². The molecule has 0 radical (unpaired) electrons. The highest BCUT2D eigenvalue weighted by atomic mass is 16.7. The molecule has 7 rings (SSSR count). The minimum Gasteiger partial charge on any atom is -0.456 e. The third-order valence-electron chi connectivity index (χ3n) is 8.84. The van der Waals surface area contributed by atoms with Crippen LogP contribution in [0.1, 0.15) is 49.9 Å². The summed E-state index contributed by atoms with van der Waals surface area (Å²) in [7, 11) is -0.470. The Bertz CT molecular complexity index is 1640. The summed E-state index contributed by atoms with van der Waals surface area (Å²) in [6, 6.07) is 40.8. The van der Waals surface area contributed by atoms with Gasteiger partial charge in [-0.25, -0.2) is 0 Å². The van der Waals surface area contributed by atoms with Crippen LogP contribution in [-0.4, -0.2) is 18.3 Å². The highest BCUT2D eigenvalue weighted by Crippen LogP contribution is 2.56. The first kappa shape index (κ1) is 24.2. The van der Waals surface area contributed by atoms with Crippen LogP contribution in [0.4, 0.5) is 0 Å². The number of hydrogen-bond donors (Lipinski definition) is 0. The Labute approximate surface area is 230 Å². The Hall–Kier alpha value is -3.86. The topological polar surface area (TPSA) is 27.7 Å². The lowest BCUT2D eigenvalue weighted by atomic mass is 9.62. The van der Waals surface area contributed by atoms with Crippen molar-refractivity contribution in [1.82, 2.24) is 0 Å². The number of rotatable bonds is 3. The summed E-state index contributed by atoms with van der Waals surface area (Å²) in [6.45, 7) is 8.37. The highest BCUT2D eigenvalue weighted by molar-refractivity contribution is 6.62. The molecule has 0 aromatic heterocycles. The van der Waals surface area contributed by atoms with Gasteiger partial charge < -0.3 is 14.0 Å². The zero-order valence-corrected chi connectivity index (χ0v) is 22.8. The molecule has 0 amide bonds. The Morgan fingerprint density at radius 2 is 1.15 bits per heavy atom. The molecule has 5 aromatic carbocycles. The van der Waals surface area contributed by atoms with Gasteiger partial charge >= 0.3 is 7.12 Å². The molecule has 0 bridgehead atoms. The second-order valence-electron chi connectivity index (χ2n) is 11.6. The summed E-state index contributed by atoms with van der Waals surface area (Å²) in [5.41, 5.74) is 4.10. The molecule has 3 nitrogen and oxygen atoms in total. The van der Waals surface area contributed by atoms with Crippen LogP contribution in [0.15, 0.2) is 115 Å². The summed E-state index contributed by atoms with van der Waals surface area (Å²) in [5.74, 6) is 1.74. The highest BCUT2D eigenvalue weighted by Gasteiger charge is 2.53. The van der Waals surface area contributed by atoms with Crippen LogP contribution in [0.2, 0.25) is 0 Å². The van der Waals surface area contributed by atoms with Crippen LogP contribution in [-0.2, 0) is 14.7 Å². The largest absolute Gasteiger partial charge is 0.494 e. The molecular formula is C35H31BO3. The van der Waals surface area contributed by atoms with E-state index in [1.165, 1.54) is 11.1 Å². The summed E-state index contributed by atoms with van der Waals surface area (Å²) >= 11 is 0. The predicted molar refractivity (Wildman–Crippen MR) is 158 cm³/mol. The lowest BCUT2D eigenvalue weighted by Gasteiger charge is -2.42. The quantitative estimate of drug-likeness (QED) is 0.229. The predicted octanol–water partition coefficient (Wildman–Crippen LogP) is 7.63. The first-order valence-corrected chi connectivity index (χ1v) is 13.6. The molecule has 39 heavy (non-hydrogen) atoms. The Balaban J connectivity index is 1.55. The molecule has 4 heteroatoms. The van der Waals surface area contributed by atoms with Crippen molar-refractivity contribution in [1.29, 1.82) is 0 Å². The average molecular weight is 510 g/mol. The number of benzene rings is 5. The molecule has 0 N–H and O–H groups in total. The SMILES string of the molecule is CC1(C)OB(c2ccc3c(c2)C(c2ccccc2)(c2ccccc2)c2ccc4ccccc4c2O3)OC1(C)C. The van der Waals surface area contributed by atoms with Gasteiger partial charge in [-0.05, 0) is 55.7 Å². The van der Waals surface area contributed by atoms with Gasteiger partial charge in [0.05, 0.1) is 16.6 Å². The zero-order chi connectivity index (χ0) is 26.8. The summed E-state index contributed by atoms with van der Waals surface area (Å²) in [4.78, 5) is 0. The molecule has 0 unspecified atom stereocenters. The number of hydrogen-bond acceptors (Lipinski definition) is 3. The molecule has 2 aliphatic rings. The second-order valence-corrected chi connectivity index (χ2v) is 11.6. The van der Waals surface area contributed by atoms with E-state index >= 15 is 0 Å². The summed E-state index contributed by atoms with van der Waals surface area (Å²) in [5, 5.41) is 2.26. The Morgan fingerprint density at radius 1 is 0.564 bits per heavy atom. The van der Waals surface area contributed by atoms with Crippen molar-refractivity contribution in [2.45, 2.75) is 44.3 Å². The van der Waals surface area contributed by atoms with Crippen molar-refractivity contribution in [3.05, 3.63) is 138 Å². The summed E-state index contributed by atoms with van der Waals surface area (Å²) < 4.78 is 19.8. The minimum atomic E-state index is -0.602. The van der Waals surface area contributed by atoms with Crippen molar-refractivity contribution in [2.75, 3.05) is 0 Å². The first-order chi connectivity index (χ1) is 18.8. The van der Waals surface area contributed by atoms with E-state index in [2.05, 4.69) is 143 Å². The molecule has 1 fully saturated rings. The van der Waals surface area contributed by atoms with Gasteiger partial charge in [0.2, 0.25) is 0 Å². The van der Waals surface area contributed by atoms with Gasteiger partial charge in [0.25, 0.3) is 0 Å². The Morgan fingerprint density at radius 3 is 1.79 bits per heavy atom. The first-order valence-electron chi connectivity index (χ1n) is 13.6. The molecular weight excluding hydrogens is 479 g/mol. The van der Waals surface area contributed by atoms with Crippen LogP contribution in [0.3, 0.4) is 0 Å². The average Bonchev–Trinajstić information content (AvgIpc) is 3.18. The van der Waals surface area contributed by atoms with E-state index in [1.54, 1.807) is 0 Å². The third kappa shape index (κ3) is 3.52. The Kier molecular flexibility index (Phi) is 5.32. The van der Waals surface area contributed by atoms with Crippen LogP contribution in [0.25, 0.3) is 10.8 Å². The molecule has 2 aliphatic heterocycles. The number of fused-ring (bicyclic) bond motifs is 4. The van der Waals surface area contributed by atoms with E-state index in [-0.39, 0.29) is 0 Å². The minimum absolute atomic E-state index is 0.425. The fraction of sp³-hybridized carbons (Fsp3) is 0.200. The van der Waals surface area contributed by atoms with Crippen LogP contribution < -0.4 is 10.2 Å². The fourth-order valence-corrected chi connectivity index (χ4v) is 6.12. The van der Waals surface area contributed by atoms with E-state index in [0.29, 0.717) is 0 Å². The van der Waals surface area contributed by atoms with Gasteiger partial charge in [-0.2, -0.15) is 0 Å². The van der Waals surface area contributed by atoms with Crippen molar-refractivity contribution >= 4 is 23.4 Å². The molecule has 0 spiro atoms. The van der Waals surface area contributed by atoms with E-state index < -0.39 is 23.7 Å². The second kappa shape index (κ2) is 8.57. The van der Waals surface area contributed by atoms with Gasteiger partial charge in [0.15, 0.2) is 0 Å². The van der Waals surface area contributed by atoms with Gasteiger partial charge in [0, 0.05) is 16.5 Å². The molecule has 5 aromatic rings. The van der Waals surface area contributed by atoms with Crippen LogP contribution in [0.5, 0.6) is 11.5 Å². The van der Waals surface area contributed by atoms with Gasteiger partial charge in [-0.15, -0.1) is 0 Å². The van der Waals surface area contributed by atoms with Crippen LogP contribution >= 0.6 is 0 Å². The molecule has 0 saturated carbocycles. The normalized spacial score (nSPS) is 18.3. The van der Waals surface area contributed by atoms with Gasteiger partial charge in [0.1, 0.15) is 11.5 Å².